The van der Waals surface area contributed by atoms with Gasteiger partial charge in [0.2, 0.25) is 0 Å². The van der Waals surface area contributed by atoms with Crippen LogP contribution >= 0.6 is 22.9 Å². The molecule has 0 aliphatic heterocycles. The van der Waals surface area contributed by atoms with Crippen LogP contribution in [0.25, 0.3) is 0 Å². The fourth-order valence-corrected chi connectivity index (χ4v) is 7.58. The number of anilines is 1. The van der Waals surface area contributed by atoms with Gasteiger partial charge < -0.3 is 29.7 Å². The number of thiophene rings is 1. The van der Waals surface area contributed by atoms with Gasteiger partial charge >= 0.3 is 12.1 Å². The molecular formula is C29H39ClN2O7S. The number of carbonyl (C=O) groups excluding carboxylic acids is 1. The summed E-state index contributed by atoms with van der Waals surface area (Å²) in [5.41, 5.74) is 0.0411. The van der Waals surface area contributed by atoms with Gasteiger partial charge in [0.1, 0.15) is 12.4 Å². The first-order valence-corrected chi connectivity index (χ1v) is 15.1. The van der Waals surface area contributed by atoms with Crippen LogP contribution in [0.4, 0.5) is 10.5 Å². The highest BCUT2D eigenvalue weighted by atomic mass is 35.5. The fourth-order valence-electron chi connectivity index (χ4n) is 6.19. The maximum absolute atomic E-state index is 12.3. The van der Waals surface area contributed by atoms with E-state index in [9.17, 15) is 24.9 Å². The van der Waals surface area contributed by atoms with Gasteiger partial charge in [-0.1, -0.05) is 24.4 Å². The van der Waals surface area contributed by atoms with E-state index in [2.05, 4.69) is 10.2 Å². The second-order valence-corrected chi connectivity index (χ2v) is 12.1. The van der Waals surface area contributed by atoms with Gasteiger partial charge in [0.05, 0.1) is 29.3 Å². The smallest absolute Gasteiger partial charge is 0.411 e. The Hall–Kier alpha value is -2.37. The molecule has 0 unspecified atom stereocenters. The highest BCUT2D eigenvalue weighted by molar-refractivity contribution is 7.10. The summed E-state index contributed by atoms with van der Waals surface area (Å²) in [5, 5.41) is 35.7. The Morgan fingerprint density at radius 2 is 1.88 bits per heavy atom. The van der Waals surface area contributed by atoms with E-state index in [1.54, 1.807) is 6.07 Å². The molecule has 4 N–H and O–H groups in total. The fraction of sp³-hybridized carbons (Fsp3) is 0.586. The maximum atomic E-state index is 12.3. The zero-order chi connectivity index (χ0) is 28.9. The molecule has 0 radical (unpaired) electrons. The molecule has 1 heterocycles. The first kappa shape index (κ1) is 30.6. The summed E-state index contributed by atoms with van der Waals surface area (Å²) in [6.07, 6.45) is 6.47. The van der Waals surface area contributed by atoms with Crippen LogP contribution in [0, 0.1) is 5.92 Å². The van der Waals surface area contributed by atoms with E-state index in [4.69, 9.17) is 21.1 Å². The van der Waals surface area contributed by atoms with Crippen LogP contribution in [-0.4, -0.2) is 65.6 Å². The van der Waals surface area contributed by atoms with E-state index in [0.29, 0.717) is 34.5 Å². The lowest BCUT2D eigenvalue weighted by molar-refractivity contribution is -0.166. The summed E-state index contributed by atoms with van der Waals surface area (Å²) >= 11 is 7.58. The molecule has 11 heteroatoms. The number of aliphatic hydroxyl groups excluding tert-OH is 1. The van der Waals surface area contributed by atoms with Crippen LogP contribution < -0.4 is 10.1 Å². The van der Waals surface area contributed by atoms with Gasteiger partial charge in [-0.25, -0.2) is 9.59 Å². The molecule has 40 heavy (non-hydrogen) atoms. The number of rotatable bonds is 11. The summed E-state index contributed by atoms with van der Waals surface area (Å²) in [4.78, 5) is 27.4. The lowest BCUT2D eigenvalue weighted by atomic mass is 9.76. The number of halogens is 1. The Labute approximate surface area is 244 Å². The molecule has 0 bridgehead atoms. The first-order chi connectivity index (χ1) is 19.2. The van der Waals surface area contributed by atoms with Crippen LogP contribution in [0.3, 0.4) is 0 Å². The van der Waals surface area contributed by atoms with Crippen LogP contribution in [0.1, 0.15) is 73.3 Å². The normalized spacial score (nSPS) is 21.2. The van der Waals surface area contributed by atoms with Crippen molar-refractivity contribution in [1.82, 2.24) is 4.90 Å². The highest BCUT2D eigenvalue weighted by Crippen LogP contribution is 2.47. The SMILES string of the molecule is COc1cc(NC(=O)OCCN(C)C2CCC(c3ccsc3[C@@](O)(C(=O)O)C3CCCC3)CC2)c(Cl)cc1CO. The van der Waals surface area contributed by atoms with Gasteiger partial charge in [-0.2, -0.15) is 0 Å². The van der Waals surface area contributed by atoms with E-state index in [1.165, 1.54) is 24.5 Å². The number of methoxy groups -OCH3 is 1. The van der Waals surface area contributed by atoms with Crippen molar-refractivity contribution in [2.75, 3.05) is 32.6 Å². The number of aliphatic hydroxyl groups is 2. The standard InChI is InChI=1S/C29H39ClN2O7S/c1-32(12-13-39-28(36)31-24-16-25(38-2)19(17-33)15-23(24)30)21-9-7-18(8-10-21)22-11-14-40-26(22)29(37,27(34)35)20-5-3-4-6-20/h11,14-16,18,20-21,33,37H,3-10,12-13,17H2,1-2H3,(H,31,36)(H,34,35)/t18?,21?,29-/m1/s1. The number of ether oxygens (including phenoxy) is 2. The topological polar surface area (TPSA) is 129 Å². The molecule has 2 aromatic rings. The van der Waals surface area contributed by atoms with E-state index in [1.807, 2.05) is 18.5 Å². The van der Waals surface area contributed by atoms with Gasteiger partial charge in [-0.05, 0) is 74.6 Å². The molecule has 2 saturated carbocycles. The second-order valence-electron chi connectivity index (χ2n) is 10.8. The molecule has 2 fully saturated rings. The summed E-state index contributed by atoms with van der Waals surface area (Å²) < 4.78 is 10.6. The number of likely N-dealkylation sites (N-methyl/N-ethyl adjacent to an activating group) is 1. The lowest BCUT2D eigenvalue weighted by Crippen LogP contribution is -2.42. The number of nitrogens with zero attached hydrogens (tertiary/aromatic N) is 1. The van der Waals surface area contributed by atoms with Crippen LogP contribution in [0.2, 0.25) is 5.02 Å². The van der Waals surface area contributed by atoms with Crippen molar-refractivity contribution in [3.63, 3.8) is 0 Å². The van der Waals surface area contributed by atoms with Crippen molar-refractivity contribution < 1.29 is 34.4 Å². The number of benzene rings is 1. The number of amides is 1. The molecule has 1 atom stereocenters. The van der Waals surface area contributed by atoms with Crippen molar-refractivity contribution in [2.45, 2.75) is 75.5 Å². The van der Waals surface area contributed by atoms with Gasteiger partial charge in [0.25, 0.3) is 0 Å². The quantitative estimate of drug-likeness (QED) is 0.266. The third-order valence-corrected chi connectivity index (χ3v) is 9.90. The average Bonchev–Trinajstić information content (AvgIpc) is 3.67. The second kappa shape index (κ2) is 13.5. The van der Waals surface area contributed by atoms with E-state index in [0.717, 1.165) is 56.9 Å². The van der Waals surface area contributed by atoms with Crippen molar-refractivity contribution >= 4 is 40.7 Å². The van der Waals surface area contributed by atoms with Crippen LogP contribution in [-0.2, 0) is 21.7 Å². The van der Waals surface area contributed by atoms with Gasteiger partial charge in [0.15, 0.2) is 5.60 Å². The monoisotopic (exact) mass is 594 g/mol. The van der Waals surface area contributed by atoms with Gasteiger partial charge in [-0.15, -0.1) is 11.3 Å². The zero-order valence-corrected chi connectivity index (χ0v) is 24.6. The molecule has 2 aliphatic carbocycles. The van der Waals surface area contributed by atoms with Gasteiger partial charge in [0, 0.05) is 30.1 Å². The number of nitrogens with one attached hydrogen (secondary N) is 1. The molecule has 2 aliphatic rings. The van der Waals surface area contributed by atoms with Crippen LogP contribution in [0.15, 0.2) is 23.6 Å². The molecule has 9 nitrogen and oxygen atoms in total. The zero-order valence-electron chi connectivity index (χ0n) is 23.0. The highest BCUT2D eigenvalue weighted by Gasteiger charge is 2.49. The third-order valence-electron chi connectivity index (χ3n) is 8.53. The number of aliphatic carboxylic acids is 1. The largest absolute Gasteiger partial charge is 0.496 e. The van der Waals surface area contributed by atoms with E-state index in [-0.39, 0.29) is 30.1 Å². The Kier molecular flexibility index (Phi) is 10.3. The number of carboxylic acid groups (broad SMARTS) is 1. The molecule has 1 aromatic heterocycles. The minimum absolute atomic E-state index is 0.202. The number of carbonyl (C=O) groups is 2. The van der Waals surface area contributed by atoms with Crippen molar-refractivity contribution in [2.24, 2.45) is 5.92 Å². The summed E-state index contributed by atoms with van der Waals surface area (Å²) in [6, 6.07) is 5.41. The molecule has 4 rings (SSSR count). The summed E-state index contributed by atoms with van der Waals surface area (Å²) in [5.74, 6) is -0.735. The number of carboxylic acids is 1. The molecular weight excluding hydrogens is 556 g/mol. The molecule has 220 valence electrons. The molecule has 0 saturated heterocycles. The third kappa shape index (κ3) is 6.57. The lowest BCUT2D eigenvalue weighted by Gasteiger charge is -2.36. The Morgan fingerprint density at radius 3 is 2.50 bits per heavy atom. The van der Waals surface area contributed by atoms with E-state index >= 15 is 0 Å². The first-order valence-electron chi connectivity index (χ1n) is 13.8. The molecule has 0 spiro atoms. The molecule has 1 amide bonds. The minimum atomic E-state index is -1.80. The Bertz CT molecular complexity index is 1180. The van der Waals surface area contributed by atoms with Gasteiger partial charge in [-0.3, -0.25) is 5.32 Å². The Morgan fingerprint density at radius 1 is 1.18 bits per heavy atom. The predicted molar refractivity (Wildman–Crippen MR) is 154 cm³/mol. The van der Waals surface area contributed by atoms with Crippen molar-refractivity contribution in [3.05, 3.63) is 44.6 Å². The summed E-state index contributed by atoms with van der Waals surface area (Å²) in [6.45, 7) is 0.530. The maximum Gasteiger partial charge on any atom is 0.411 e. The van der Waals surface area contributed by atoms with Crippen LogP contribution in [0.5, 0.6) is 5.75 Å². The summed E-state index contributed by atoms with van der Waals surface area (Å²) in [7, 11) is 3.49. The predicted octanol–water partition coefficient (Wildman–Crippen LogP) is 5.57. The van der Waals surface area contributed by atoms with E-state index < -0.39 is 17.7 Å². The number of hydrogen-bond donors (Lipinski definition) is 4. The average molecular weight is 595 g/mol. The number of hydrogen-bond acceptors (Lipinski definition) is 8. The van der Waals surface area contributed by atoms with Crippen molar-refractivity contribution in [3.8, 4) is 5.75 Å². The molecule has 1 aromatic carbocycles. The van der Waals surface area contributed by atoms with Crippen molar-refractivity contribution in [1.29, 1.82) is 0 Å². The Balaban J connectivity index is 1.27. The minimum Gasteiger partial charge on any atom is -0.496 e.